The molecule has 0 N–H and O–H groups in total. The van der Waals surface area contributed by atoms with Crippen molar-refractivity contribution in [1.29, 1.82) is 5.26 Å². The highest BCUT2D eigenvalue weighted by molar-refractivity contribution is 7.98. The van der Waals surface area contributed by atoms with Gasteiger partial charge >= 0.3 is 0 Å². The summed E-state index contributed by atoms with van der Waals surface area (Å²) in [6.45, 7) is 3.80. The number of hydrogen-bond acceptors (Lipinski definition) is 3. The highest BCUT2D eigenvalue weighted by Crippen LogP contribution is 2.18. The van der Waals surface area contributed by atoms with E-state index >= 15 is 0 Å². The van der Waals surface area contributed by atoms with Crippen LogP contribution in [0.2, 0.25) is 0 Å². The Balaban J connectivity index is 3.30. The van der Waals surface area contributed by atoms with Crippen LogP contribution >= 0.6 is 11.8 Å². The topological polar surface area (TPSA) is 36.7 Å². The van der Waals surface area contributed by atoms with Crippen molar-refractivity contribution in [2.24, 2.45) is 0 Å². The lowest BCUT2D eigenvalue weighted by Crippen LogP contribution is -1.93. The molecule has 0 bridgehead atoms. The Morgan fingerprint density at radius 2 is 2.17 bits per heavy atom. The third-order valence-corrected chi connectivity index (χ3v) is 2.32. The number of nitriles is 1. The van der Waals surface area contributed by atoms with Crippen molar-refractivity contribution in [3.8, 4) is 6.07 Å². The molecule has 0 unspecified atom stereocenters. The number of nitrogens with zero attached hydrogens (tertiary/aromatic N) is 2. The highest BCUT2D eigenvalue weighted by Gasteiger charge is 2.04. The van der Waals surface area contributed by atoms with E-state index in [1.165, 1.54) is 0 Å². The molecule has 0 saturated heterocycles. The largest absolute Gasteiger partial charge is 0.245 e. The Morgan fingerprint density at radius 1 is 1.50 bits per heavy atom. The third-order valence-electron chi connectivity index (χ3n) is 1.69. The van der Waals surface area contributed by atoms with Crippen LogP contribution < -0.4 is 0 Å². The van der Waals surface area contributed by atoms with Crippen LogP contribution in [-0.4, -0.2) is 11.2 Å². The van der Waals surface area contributed by atoms with Gasteiger partial charge in [-0.15, -0.1) is 11.8 Å². The number of rotatable bonds is 1. The van der Waals surface area contributed by atoms with Crippen LogP contribution in [0.25, 0.3) is 0 Å². The summed E-state index contributed by atoms with van der Waals surface area (Å²) in [6, 6.07) is 4.08. The molecule has 0 amide bonds. The zero-order valence-electron chi connectivity index (χ0n) is 7.38. The predicted molar refractivity (Wildman–Crippen MR) is 50.2 cm³/mol. The summed E-state index contributed by atoms with van der Waals surface area (Å²) in [5, 5.41) is 9.74. The van der Waals surface area contributed by atoms with Crippen molar-refractivity contribution < 1.29 is 0 Å². The van der Waals surface area contributed by atoms with Gasteiger partial charge in [-0.05, 0) is 31.7 Å². The molecule has 1 aromatic heterocycles. The van der Waals surface area contributed by atoms with E-state index in [1.54, 1.807) is 11.8 Å². The van der Waals surface area contributed by atoms with E-state index in [0.29, 0.717) is 5.56 Å². The van der Waals surface area contributed by atoms with Gasteiger partial charge in [0.15, 0.2) is 0 Å². The molecule has 0 spiro atoms. The van der Waals surface area contributed by atoms with Gasteiger partial charge in [0.1, 0.15) is 6.07 Å². The molecule has 12 heavy (non-hydrogen) atoms. The molecule has 0 aliphatic heterocycles. The van der Waals surface area contributed by atoms with E-state index in [0.717, 1.165) is 16.3 Å². The number of aryl methyl sites for hydroxylation is 2. The highest BCUT2D eigenvalue weighted by atomic mass is 32.2. The molecular formula is C9H10N2S. The van der Waals surface area contributed by atoms with Gasteiger partial charge in [-0.3, -0.25) is 0 Å². The molecule has 0 fully saturated rings. The molecule has 3 heteroatoms. The first-order valence-electron chi connectivity index (χ1n) is 3.61. The fourth-order valence-electron chi connectivity index (χ4n) is 1.07. The minimum Gasteiger partial charge on any atom is -0.245 e. The summed E-state index contributed by atoms with van der Waals surface area (Å²) in [6.07, 6.45) is 1.98. The molecule has 0 aliphatic carbocycles. The van der Waals surface area contributed by atoms with Gasteiger partial charge in [-0.25, -0.2) is 4.98 Å². The maximum Gasteiger partial charge on any atom is 0.101 e. The lowest BCUT2D eigenvalue weighted by atomic mass is 10.1. The standard InChI is InChI=1S/C9H10N2S/c1-6-4-9(12-3)11-7(2)8(6)5-10/h4H,1-3H3. The maximum absolute atomic E-state index is 8.77. The predicted octanol–water partition coefficient (Wildman–Crippen LogP) is 2.29. The Hall–Kier alpha value is -1.01. The molecule has 0 atom stereocenters. The fourth-order valence-corrected chi connectivity index (χ4v) is 1.59. The van der Waals surface area contributed by atoms with Crippen LogP contribution in [-0.2, 0) is 0 Å². The quantitative estimate of drug-likeness (QED) is 0.619. The molecule has 0 saturated carbocycles. The molecule has 0 aliphatic rings. The summed E-state index contributed by atoms with van der Waals surface area (Å²) >= 11 is 1.60. The molecule has 0 radical (unpaired) electrons. The Bertz CT molecular complexity index is 316. The van der Waals surface area contributed by atoms with Crippen molar-refractivity contribution in [2.45, 2.75) is 18.9 Å². The van der Waals surface area contributed by atoms with E-state index in [2.05, 4.69) is 11.1 Å². The lowest BCUT2D eigenvalue weighted by molar-refractivity contribution is 1.04. The van der Waals surface area contributed by atoms with Gasteiger partial charge in [0, 0.05) is 0 Å². The monoisotopic (exact) mass is 178 g/mol. The number of thioether (sulfide) groups is 1. The van der Waals surface area contributed by atoms with Gasteiger partial charge < -0.3 is 0 Å². The van der Waals surface area contributed by atoms with E-state index in [-0.39, 0.29) is 0 Å². The minimum absolute atomic E-state index is 0.702. The molecule has 62 valence electrons. The first-order valence-corrected chi connectivity index (χ1v) is 4.84. The minimum atomic E-state index is 0.702. The van der Waals surface area contributed by atoms with E-state index < -0.39 is 0 Å². The average Bonchev–Trinajstić information content (AvgIpc) is 2.03. The van der Waals surface area contributed by atoms with Crippen LogP contribution in [0.1, 0.15) is 16.8 Å². The smallest absolute Gasteiger partial charge is 0.101 e. The summed E-state index contributed by atoms with van der Waals surface area (Å²) in [7, 11) is 0. The third kappa shape index (κ3) is 1.59. The van der Waals surface area contributed by atoms with Gasteiger partial charge in [0.25, 0.3) is 0 Å². The normalized spacial score (nSPS) is 9.50. The summed E-state index contributed by atoms with van der Waals surface area (Å²) in [5.41, 5.74) is 2.53. The van der Waals surface area contributed by atoms with Gasteiger partial charge in [-0.2, -0.15) is 5.26 Å². The maximum atomic E-state index is 8.77. The molecular weight excluding hydrogens is 168 g/mol. The molecule has 0 aromatic carbocycles. The second-order valence-electron chi connectivity index (χ2n) is 2.55. The van der Waals surface area contributed by atoms with Crippen LogP contribution in [0.3, 0.4) is 0 Å². The van der Waals surface area contributed by atoms with Crippen LogP contribution in [0.15, 0.2) is 11.1 Å². The number of pyridine rings is 1. The Kier molecular flexibility index (Phi) is 2.72. The second-order valence-corrected chi connectivity index (χ2v) is 3.38. The summed E-state index contributed by atoms with van der Waals surface area (Å²) < 4.78 is 0. The Labute approximate surface area is 76.6 Å². The second kappa shape index (κ2) is 3.59. The van der Waals surface area contributed by atoms with E-state index in [1.807, 2.05) is 26.2 Å². The average molecular weight is 178 g/mol. The SMILES string of the molecule is CSc1cc(C)c(C#N)c(C)n1. The van der Waals surface area contributed by atoms with E-state index in [4.69, 9.17) is 5.26 Å². The summed E-state index contributed by atoms with van der Waals surface area (Å²) in [4.78, 5) is 4.26. The molecule has 1 heterocycles. The van der Waals surface area contributed by atoms with Crippen molar-refractivity contribution in [2.75, 3.05) is 6.26 Å². The van der Waals surface area contributed by atoms with Crippen molar-refractivity contribution in [3.63, 3.8) is 0 Å². The first kappa shape index (κ1) is 9.08. The number of aromatic nitrogens is 1. The van der Waals surface area contributed by atoms with Gasteiger partial charge in [0.2, 0.25) is 0 Å². The first-order chi connectivity index (χ1) is 5.69. The lowest BCUT2D eigenvalue weighted by Gasteiger charge is -2.03. The van der Waals surface area contributed by atoms with Crippen molar-refractivity contribution >= 4 is 11.8 Å². The molecule has 2 nitrogen and oxygen atoms in total. The Morgan fingerprint density at radius 3 is 2.58 bits per heavy atom. The van der Waals surface area contributed by atoms with Crippen LogP contribution in [0, 0.1) is 25.2 Å². The molecule has 1 aromatic rings. The summed E-state index contributed by atoms with van der Waals surface area (Å²) in [5.74, 6) is 0. The molecule has 1 rings (SSSR count). The van der Waals surface area contributed by atoms with Crippen LogP contribution in [0.5, 0.6) is 0 Å². The van der Waals surface area contributed by atoms with Crippen molar-refractivity contribution in [3.05, 3.63) is 22.9 Å². The zero-order valence-corrected chi connectivity index (χ0v) is 8.20. The zero-order chi connectivity index (χ0) is 9.14. The fraction of sp³-hybridized carbons (Fsp3) is 0.333. The number of hydrogen-bond donors (Lipinski definition) is 0. The van der Waals surface area contributed by atoms with E-state index in [9.17, 15) is 0 Å². The van der Waals surface area contributed by atoms with Crippen molar-refractivity contribution in [1.82, 2.24) is 4.98 Å². The van der Waals surface area contributed by atoms with Crippen LogP contribution in [0.4, 0.5) is 0 Å². The van der Waals surface area contributed by atoms with Gasteiger partial charge in [0.05, 0.1) is 16.3 Å². The van der Waals surface area contributed by atoms with Gasteiger partial charge in [-0.1, -0.05) is 0 Å².